The molecule has 0 unspecified atom stereocenters. The first-order chi connectivity index (χ1) is 12.6. The highest BCUT2D eigenvalue weighted by molar-refractivity contribution is 6.00. The summed E-state index contributed by atoms with van der Waals surface area (Å²) in [6.45, 7) is 1.98. The molecular weight excluding hydrogens is 330 g/mol. The number of para-hydroxylation sites is 1. The van der Waals surface area contributed by atoms with Crippen LogP contribution in [0.5, 0.6) is 11.5 Å². The van der Waals surface area contributed by atoms with Gasteiger partial charge in [0.2, 0.25) is 5.91 Å². The van der Waals surface area contributed by atoms with E-state index in [1.807, 2.05) is 37.3 Å². The molecule has 0 atom stereocenters. The van der Waals surface area contributed by atoms with Crippen molar-refractivity contribution in [3.05, 3.63) is 59.3 Å². The highest BCUT2D eigenvalue weighted by Gasteiger charge is 2.09. The van der Waals surface area contributed by atoms with Crippen molar-refractivity contribution < 1.29 is 14.3 Å². The molecule has 3 rings (SSSR count). The van der Waals surface area contributed by atoms with Crippen LogP contribution >= 0.6 is 0 Å². The molecule has 0 spiro atoms. The second-order valence-electron chi connectivity index (χ2n) is 5.87. The molecule has 3 aromatic rings. The highest BCUT2D eigenvalue weighted by Crippen LogP contribution is 2.27. The molecule has 6 nitrogen and oxygen atoms in total. The maximum absolute atomic E-state index is 12.1. The van der Waals surface area contributed by atoms with Gasteiger partial charge in [0.15, 0.2) is 11.5 Å². The summed E-state index contributed by atoms with van der Waals surface area (Å²) in [5, 5.41) is 5.17. The molecule has 2 aromatic carbocycles. The molecule has 6 heteroatoms. The largest absolute Gasteiger partial charge is 0.493 e. The topological polar surface area (TPSA) is 75.7 Å². The quantitative estimate of drug-likeness (QED) is 0.529. The minimum absolute atomic E-state index is 0.199. The van der Waals surface area contributed by atoms with Crippen molar-refractivity contribution >= 4 is 23.0 Å². The molecule has 26 heavy (non-hydrogen) atoms. The maximum atomic E-state index is 12.1. The molecule has 1 aromatic heterocycles. The van der Waals surface area contributed by atoms with Crippen LogP contribution in [0.3, 0.4) is 0 Å². The van der Waals surface area contributed by atoms with Crippen LogP contribution in [0.25, 0.3) is 10.9 Å². The van der Waals surface area contributed by atoms with E-state index in [2.05, 4.69) is 15.5 Å². The number of nitrogens with zero attached hydrogens (tertiary/aromatic N) is 1. The number of aryl methyl sites for hydroxylation is 1. The van der Waals surface area contributed by atoms with Gasteiger partial charge < -0.3 is 14.5 Å². The number of aromatic nitrogens is 1. The van der Waals surface area contributed by atoms with Gasteiger partial charge in [-0.3, -0.25) is 4.79 Å². The van der Waals surface area contributed by atoms with E-state index in [4.69, 9.17) is 9.47 Å². The van der Waals surface area contributed by atoms with Gasteiger partial charge in [0.05, 0.1) is 26.9 Å². The third kappa shape index (κ3) is 3.69. The first-order valence-corrected chi connectivity index (χ1v) is 8.22. The van der Waals surface area contributed by atoms with E-state index in [0.717, 1.165) is 27.7 Å². The van der Waals surface area contributed by atoms with Crippen LogP contribution < -0.4 is 14.9 Å². The van der Waals surface area contributed by atoms with Gasteiger partial charge in [0.25, 0.3) is 0 Å². The van der Waals surface area contributed by atoms with Crippen molar-refractivity contribution in [2.75, 3.05) is 14.2 Å². The molecule has 0 fully saturated rings. The zero-order valence-electron chi connectivity index (χ0n) is 15.0. The Bertz CT molecular complexity index is 960. The van der Waals surface area contributed by atoms with Crippen molar-refractivity contribution in [3.63, 3.8) is 0 Å². The number of rotatable bonds is 6. The molecule has 0 aliphatic rings. The molecule has 1 heterocycles. The second-order valence-corrected chi connectivity index (χ2v) is 5.87. The van der Waals surface area contributed by atoms with Crippen LogP contribution in [0.2, 0.25) is 0 Å². The monoisotopic (exact) mass is 351 g/mol. The number of hydrazone groups is 1. The SMILES string of the molecule is COc1ccc(CC(=O)N/N=C\c2c(C)[nH]c3ccccc23)cc1OC. The third-order valence-electron chi connectivity index (χ3n) is 4.14. The summed E-state index contributed by atoms with van der Waals surface area (Å²) in [5.74, 6) is 1.02. The minimum Gasteiger partial charge on any atom is -0.493 e. The van der Waals surface area contributed by atoms with E-state index in [0.29, 0.717) is 11.5 Å². The first-order valence-electron chi connectivity index (χ1n) is 8.22. The summed E-state index contributed by atoms with van der Waals surface area (Å²) in [7, 11) is 3.14. The molecule has 0 saturated carbocycles. The van der Waals surface area contributed by atoms with Crippen LogP contribution in [0.15, 0.2) is 47.6 Å². The second kappa shape index (κ2) is 7.74. The summed E-state index contributed by atoms with van der Waals surface area (Å²) in [6, 6.07) is 13.4. The fourth-order valence-electron chi connectivity index (χ4n) is 2.85. The van der Waals surface area contributed by atoms with Crippen molar-refractivity contribution in [2.45, 2.75) is 13.3 Å². The maximum Gasteiger partial charge on any atom is 0.244 e. The van der Waals surface area contributed by atoms with Crippen LogP contribution in [-0.4, -0.2) is 31.3 Å². The third-order valence-corrected chi connectivity index (χ3v) is 4.14. The van der Waals surface area contributed by atoms with Crippen molar-refractivity contribution in [1.29, 1.82) is 0 Å². The van der Waals surface area contributed by atoms with E-state index in [1.54, 1.807) is 32.6 Å². The molecule has 0 saturated heterocycles. The standard InChI is InChI=1S/C20H21N3O3/c1-13-16(15-6-4-5-7-17(15)22-13)12-21-23-20(24)11-14-8-9-18(25-2)19(10-14)26-3/h4-10,12,22H,11H2,1-3H3,(H,23,24)/b21-12-. The Morgan fingerprint density at radius 3 is 2.69 bits per heavy atom. The van der Waals surface area contributed by atoms with Crippen molar-refractivity contribution in [1.82, 2.24) is 10.4 Å². The molecule has 134 valence electrons. The summed E-state index contributed by atoms with van der Waals surface area (Å²) < 4.78 is 10.4. The average molecular weight is 351 g/mol. The van der Waals surface area contributed by atoms with Crippen LogP contribution in [-0.2, 0) is 11.2 Å². The van der Waals surface area contributed by atoms with Gasteiger partial charge in [0, 0.05) is 22.2 Å². The van der Waals surface area contributed by atoms with Gasteiger partial charge in [0.1, 0.15) is 0 Å². The Morgan fingerprint density at radius 2 is 1.92 bits per heavy atom. The summed E-state index contributed by atoms with van der Waals surface area (Å²) in [6.07, 6.45) is 1.87. The van der Waals surface area contributed by atoms with Crippen molar-refractivity contribution in [3.8, 4) is 11.5 Å². The number of aromatic amines is 1. The number of hydrogen-bond acceptors (Lipinski definition) is 4. The molecule has 0 radical (unpaired) electrons. The van der Waals surface area contributed by atoms with Gasteiger partial charge in [-0.1, -0.05) is 24.3 Å². The molecule has 1 amide bonds. The van der Waals surface area contributed by atoms with E-state index >= 15 is 0 Å². The Hall–Kier alpha value is -3.28. The number of ether oxygens (including phenoxy) is 2. The van der Waals surface area contributed by atoms with E-state index in [9.17, 15) is 4.79 Å². The van der Waals surface area contributed by atoms with Gasteiger partial charge in [-0.25, -0.2) is 5.43 Å². The number of methoxy groups -OCH3 is 2. The lowest BCUT2D eigenvalue weighted by Crippen LogP contribution is -2.19. The van der Waals surface area contributed by atoms with Gasteiger partial charge in [-0.05, 0) is 30.7 Å². The summed E-state index contributed by atoms with van der Waals surface area (Å²) in [5.41, 5.74) is 6.40. The van der Waals surface area contributed by atoms with Gasteiger partial charge in [-0.2, -0.15) is 5.10 Å². The molecular formula is C20H21N3O3. The Balaban J connectivity index is 1.67. The van der Waals surface area contributed by atoms with Crippen LogP contribution in [0.1, 0.15) is 16.8 Å². The lowest BCUT2D eigenvalue weighted by atomic mass is 10.1. The van der Waals surface area contributed by atoms with Crippen LogP contribution in [0.4, 0.5) is 0 Å². The number of amides is 1. The number of carbonyl (C=O) groups is 1. The predicted octanol–water partition coefficient (Wildman–Crippen LogP) is 3.19. The van der Waals surface area contributed by atoms with Crippen molar-refractivity contribution in [2.24, 2.45) is 5.10 Å². The number of H-pyrrole nitrogens is 1. The first kappa shape index (κ1) is 17.5. The highest BCUT2D eigenvalue weighted by atomic mass is 16.5. The fourth-order valence-corrected chi connectivity index (χ4v) is 2.85. The Morgan fingerprint density at radius 1 is 1.15 bits per heavy atom. The van der Waals surface area contributed by atoms with Gasteiger partial charge >= 0.3 is 0 Å². The smallest absolute Gasteiger partial charge is 0.244 e. The van der Waals surface area contributed by atoms with E-state index in [1.165, 1.54) is 0 Å². The molecule has 0 aliphatic carbocycles. The van der Waals surface area contributed by atoms with Gasteiger partial charge in [-0.15, -0.1) is 0 Å². The number of carbonyl (C=O) groups excluding carboxylic acids is 1. The zero-order valence-corrected chi connectivity index (χ0v) is 15.0. The summed E-state index contributed by atoms with van der Waals surface area (Å²) >= 11 is 0. The predicted molar refractivity (Wildman–Crippen MR) is 102 cm³/mol. The van der Waals surface area contributed by atoms with Crippen LogP contribution in [0, 0.1) is 6.92 Å². The zero-order chi connectivity index (χ0) is 18.5. The Kier molecular flexibility index (Phi) is 5.22. The number of hydrogen-bond donors (Lipinski definition) is 2. The normalized spacial score (nSPS) is 11.0. The summed E-state index contributed by atoms with van der Waals surface area (Å²) in [4.78, 5) is 15.4. The lowest BCUT2D eigenvalue weighted by molar-refractivity contribution is -0.120. The molecule has 0 aliphatic heterocycles. The number of fused-ring (bicyclic) bond motifs is 1. The van der Waals surface area contributed by atoms with E-state index < -0.39 is 0 Å². The minimum atomic E-state index is -0.203. The van der Waals surface area contributed by atoms with E-state index in [-0.39, 0.29) is 12.3 Å². The number of nitrogens with one attached hydrogen (secondary N) is 2. The molecule has 2 N–H and O–H groups in total. The average Bonchev–Trinajstić information content (AvgIpc) is 2.97. The molecule has 0 bridgehead atoms. The lowest BCUT2D eigenvalue weighted by Gasteiger charge is -2.09. The fraction of sp³-hybridized carbons (Fsp3) is 0.200. The Labute approximate surface area is 151 Å². The number of benzene rings is 2.